The number of aryl methyl sites for hydroxylation is 1. The first-order chi connectivity index (χ1) is 11.6. The van der Waals surface area contributed by atoms with E-state index in [1.165, 1.54) is 11.1 Å². The molecule has 0 aliphatic carbocycles. The molecule has 0 atom stereocenters. The molecule has 1 aliphatic heterocycles. The van der Waals surface area contributed by atoms with Crippen molar-refractivity contribution in [2.24, 2.45) is 0 Å². The molecule has 0 radical (unpaired) electrons. The summed E-state index contributed by atoms with van der Waals surface area (Å²) in [6.07, 6.45) is 0. The molecule has 24 heavy (non-hydrogen) atoms. The average molecular weight is 342 g/mol. The van der Waals surface area contributed by atoms with Crippen molar-refractivity contribution < 1.29 is 0 Å². The summed E-state index contributed by atoms with van der Waals surface area (Å²) in [6.45, 7) is 11.3. The molecule has 3 rings (SSSR count). The summed E-state index contributed by atoms with van der Waals surface area (Å²) in [6, 6.07) is 16.6. The van der Waals surface area contributed by atoms with Crippen molar-refractivity contribution in [2.75, 3.05) is 26.2 Å². The largest absolute Gasteiger partial charge is 0.319 e. The molecule has 0 aromatic heterocycles. The van der Waals surface area contributed by atoms with Gasteiger partial charge in [0, 0.05) is 43.3 Å². The van der Waals surface area contributed by atoms with Crippen LogP contribution in [0.2, 0.25) is 5.02 Å². The van der Waals surface area contributed by atoms with Gasteiger partial charge in [-0.2, -0.15) is 0 Å². The Morgan fingerprint density at radius 1 is 1.04 bits per heavy atom. The van der Waals surface area contributed by atoms with E-state index < -0.39 is 0 Å². The van der Waals surface area contributed by atoms with E-state index in [1.54, 1.807) is 0 Å². The lowest BCUT2D eigenvalue weighted by Crippen LogP contribution is -2.50. The first kappa shape index (κ1) is 17.0. The predicted octanol–water partition coefficient (Wildman–Crippen LogP) is 3.94. The van der Waals surface area contributed by atoms with Gasteiger partial charge >= 0.3 is 0 Å². The van der Waals surface area contributed by atoms with E-state index in [4.69, 9.17) is 11.6 Å². The molecule has 1 aliphatic rings. The van der Waals surface area contributed by atoms with Gasteiger partial charge in [-0.15, -0.1) is 0 Å². The van der Waals surface area contributed by atoms with Gasteiger partial charge < -0.3 is 5.43 Å². The third-order valence-electron chi connectivity index (χ3n) is 4.39. The zero-order valence-corrected chi connectivity index (χ0v) is 14.9. The molecule has 0 saturated carbocycles. The van der Waals surface area contributed by atoms with Gasteiger partial charge in [-0.25, -0.2) is 5.01 Å². The number of hydrogen-bond acceptors (Lipinski definition) is 3. The number of piperazine rings is 1. The van der Waals surface area contributed by atoms with Crippen molar-refractivity contribution in [2.45, 2.75) is 13.5 Å². The maximum atomic E-state index is 6.23. The van der Waals surface area contributed by atoms with E-state index in [2.05, 4.69) is 53.1 Å². The van der Waals surface area contributed by atoms with Crippen molar-refractivity contribution in [1.29, 1.82) is 0 Å². The van der Waals surface area contributed by atoms with E-state index in [0.29, 0.717) is 0 Å². The minimum absolute atomic E-state index is 0.730. The van der Waals surface area contributed by atoms with Gasteiger partial charge in [-0.05, 0) is 18.6 Å². The number of nitrogens with one attached hydrogen (secondary N) is 1. The van der Waals surface area contributed by atoms with E-state index >= 15 is 0 Å². The van der Waals surface area contributed by atoms with Crippen LogP contribution in [-0.4, -0.2) is 36.1 Å². The molecule has 126 valence electrons. The quantitative estimate of drug-likeness (QED) is 0.888. The maximum absolute atomic E-state index is 6.23. The molecule has 0 spiro atoms. The van der Waals surface area contributed by atoms with Gasteiger partial charge in [0.15, 0.2) is 0 Å². The molecule has 0 amide bonds. The zero-order chi connectivity index (χ0) is 16.9. The number of hydrazine groups is 1. The highest BCUT2D eigenvalue weighted by atomic mass is 35.5. The summed E-state index contributed by atoms with van der Waals surface area (Å²) in [5.74, 6) is 0. The van der Waals surface area contributed by atoms with Crippen molar-refractivity contribution in [3.05, 3.63) is 76.8 Å². The fourth-order valence-corrected chi connectivity index (χ4v) is 3.18. The van der Waals surface area contributed by atoms with Crippen LogP contribution in [0.3, 0.4) is 0 Å². The average Bonchev–Trinajstić information content (AvgIpc) is 2.59. The Bertz CT molecular complexity index is 688. The van der Waals surface area contributed by atoms with Crippen LogP contribution in [0.15, 0.2) is 55.1 Å². The highest BCUT2D eigenvalue weighted by Crippen LogP contribution is 2.21. The lowest BCUT2D eigenvalue weighted by molar-refractivity contribution is 0.104. The molecule has 4 heteroatoms. The van der Waals surface area contributed by atoms with Crippen molar-refractivity contribution in [1.82, 2.24) is 15.3 Å². The van der Waals surface area contributed by atoms with Crippen molar-refractivity contribution >= 4 is 17.3 Å². The standard InChI is InChI=1S/C20H24ClN3/c1-16-7-9-18(10-8-16)15-23-11-13-24(14-12-23)22-17(2)19-5-3-4-6-20(19)21/h3-10,22H,2,11-15H2,1H3. The summed E-state index contributed by atoms with van der Waals surface area (Å²) in [4.78, 5) is 2.49. The Labute approximate surface area is 149 Å². The highest BCUT2D eigenvalue weighted by molar-refractivity contribution is 6.32. The van der Waals surface area contributed by atoms with Crippen molar-refractivity contribution in [3.63, 3.8) is 0 Å². The van der Waals surface area contributed by atoms with E-state index in [1.807, 2.05) is 24.3 Å². The molecular formula is C20H24ClN3. The molecule has 1 saturated heterocycles. The van der Waals surface area contributed by atoms with Crippen LogP contribution in [-0.2, 0) is 6.54 Å². The number of hydrogen-bond donors (Lipinski definition) is 1. The Balaban J connectivity index is 1.49. The second-order valence-corrected chi connectivity index (χ2v) is 6.73. The predicted molar refractivity (Wildman–Crippen MR) is 102 cm³/mol. The van der Waals surface area contributed by atoms with Gasteiger partial charge in [0.2, 0.25) is 0 Å². The molecule has 0 bridgehead atoms. The molecule has 2 aromatic carbocycles. The number of benzene rings is 2. The maximum Gasteiger partial charge on any atom is 0.0505 e. The lowest BCUT2D eigenvalue weighted by atomic mass is 10.1. The SMILES string of the molecule is C=C(NN1CCN(Cc2ccc(C)cc2)CC1)c1ccccc1Cl. The number of rotatable bonds is 5. The normalized spacial score (nSPS) is 16.1. The molecule has 2 aromatic rings. The van der Waals surface area contributed by atoms with Gasteiger partial charge in [-0.3, -0.25) is 4.90 Å². The van der Waals surface area contributed by atoms with E-state index in [-0.39, 0.29) is 0 Å². The fraction of sp³-hybridized carbons (Fsp3) is 0.300. The molecule has 3 nitrogen and oxygen atoms in total. The lowest BCUT2D eigenvalue weighted by Gasteiger charge is -2.35. The second-order valence-electron chi connectivity index (χ2n) is 6.32. The summed E-state index contributed by atoms with van der Waals surface area (Å²) >= 11 is 6.23. The summed E-state index contributed by atoms with van der Waals surface area (Å²) in [5, 5.41) is 2.95. The third-order valence-corrected chi connectivity index (χ3v) is 4.72. The summed E-state index contributed by atoms with van der Waals surface area (Å²) < 4.78 is 0. The topological polar surface area (TPSA) is 18.5 Å². The van der Waals surface area contributed by atoms with Gasteiger partial charge in [0.25, 0.3) is 0 Å². The molecule has 1 fully saturated rings. The first-order valence-corrected chi connectivity index (χ1v) is 8.73. The summed E-state index contributed by atoms with van der Waals surface area (Å²) in [7, 11) is 0. The smallest absolute Gasteiger partial charge is 0.0505 e. The van der Waals surface area contributed by atoms with E-state index in [0.717, 1.165) is 49.0 Å². The van der Waals surface area contributed by atoms with Crippen LogP contribution >= 0.6 is 11.6 Å². The third kappa shape index (κ3) is 4.38. The Hall–Kier alpha value is -1.81. The second kappa shape index (κ2) is 7.84. The van der Waals surface area contributed by atoms with Crippen LogP contribution in [0.5, 0.6) is 0 Å². The van der Waals surface area contributed by atoms with Gasteiger partial charge in [0.1, 0.15) is 0 Å². The Morgan fingerprint density at radius 3 is 2.38 bits per heavy atom. The fourth-order valence-electron chi connectivity index (χ4n) is 2.93. The Morgan fingerprint density at radius 2 is 1.71 bits per heavy atom. The monoisotopic (exact) mass is 341 g/mol. The summed E-state index contributed by atoms with van der Waals surface area (Å²) in [5.41, 5.74) is 7.90. The molecule has 0 unspecified atom stereocenters. The van der Waals surface area contributed by atoms with Crippen LogP contribution in [0.1, 0.15) is 16.7 Å². The van der Waals surface area contributed by atoms with Crippen molar-refractivity contribution in [3.8, 4) is 0 Å². The van der Waals surface area contributed by atoms with Gasteiger partial charge in [0.05, 0.1) is 5.70 Å². The van der Waals surface area contributed by atoms with Gasteiger partial charge in [-0.1, -0.05) is 66.2 Å². The van der Waals surface area contributed by atoms with Crippen LogP contribution in [0.4, 0.5) is 0 Å². The van der Waals surface area contributed by atoms with Crippen LogP contribution < -0.4 is 5.43 Å². The molecule has 1 heterocycles. The Kier molecular flexibility index (Phi) is 5.56. The number of halogens is 1. The minimum atomic E-state index is 0.730. The highest BCUT2D eigenvalue weighted by Gasteiger charge is 2.17. The van der Waals surface area contributed by atoms with Crippen LogP contribution in [0.25, 0.3) is 5.70 Å². The zero-order valence-electron chi connectivity index (χ0n) is 14.1. The molecular weight excluding hydrogens is 318 g/mol. The molecule has 1 N–H and O–H groups in total. The number of nitrogens with zero attached hydrogens (tertiary/aromatic N) is 2. The van der Waals surface area contributed by atoms with E-state index in [9.17, 15) is 0 Å². The van der Waals surface area contributed by atoms with Crippen LogP contribution in [0, 0.1) is 6.92 Å². The minimum Gasteiger partial charge on any atom is -0.319 e. The first-order valence-electron chi connectivity index (χ1n) is 8.35.